The fourth-order valence-corrected chi connectivity index (χ4v) is 4.91. The number of amides is 1. The van der Waals surface area contributed by atoms with Crippen LogP contribution < -0.4 is 5.32 Å². The Morgan fingerprint density at radius 2 is 2.23 bits per heavy atom. The Kier molecular flexibility index (Phi) is 3.59. The normalized spacial score (nSPS) is 30.6. The topological polar surface area (TPSA) is 45.2 Å². The van der Waals surface area contributed by atoms with Crippen LogP contribution >= 0.6 is 22.9 Å². The molecule has 116 valence electrons. The molecule has 3 fully saturated rings. The van der Waals surface area contributed by atoms with Crippen LogP contribution in [0.15, 0.2) is 17.5 Å². The zero-order valence-electron chi connectivity index (χ0n) is 12.4. The minimum Gasteiger partial charge on any atom is -0.346 e. The Hall–Kier alpha value is -1.17. The zero-order chi connectivity index (χ0) is 15.3. The van der Waals surface area contributed by atoms with E-state index in [1.807, 2.05) is 17.5 Å². The second-order valence-electron chi connectivity index (χ2n) is 6.25. The van der Waals surface area contributed by atoms with Crippen molar-refractivity contribution in [1.82, 2.24) is 15.2 Å². The van der Waals surface area contributed by atoms with Crippen molar-refractivity contribution in [2.24, 2.45) is 5.92 Å². The lowest BCUT2D eigenvalue weighted by Crippen LogP contribution is -2.62. The number of nitrogens with zero attached hydrogens (tertiary/aromatic N) is 2. The second kappa shape index (κ2) is 5.48. The number of piperidine rings is 3. The number of nitrogens with one attached hydrogen (secondary N) is 1. The van der Waals surface area contributed by atoms with Crippen molar-refractivity contribution in [2.45, 2.75) is 31.8 Å². The van der Waals surface area contributed by atoms with Gasteiger partial charge in [-0.05, 0) is 61.7 Å². The van der Waals surface area contributed by atoms with E-state index >= 15 is 0 Å². The van der Waals surface area contributed by atoms with Crippen molar-refractivity contribution in [3.8, 4) is 0 Å². The Labute approximate surface area is 138 Å². The van der Waals surface area contributed by atoms with Gasteiger partial charge in [-0.25, -0.2) is 4.98 Å². The van der Waals surface area contributed by atoms with Gasteiger partial charge in [0.05, 0.1) is 4.70 Å². The Bertz CT molecular complexity index is 721. The van der Waals surface area contributed by atoms with Gasteiger partial charge in [0.15, 0.2) is 0 Å². The molecule has 3 aliphatic heterocycles. The molecule has 0 saturated carbocycles. The van der Waals surface area contributed by atoms with Gasteiger partial charge in [0, 0.05) is 12.1 Å². The average molecular weight is 336 g/mol. The molecule has 4 nitrogen and oxygen atoms in total. The summed E-state index contributed by atoms with van der Waals surface area (Å²) in [7, 11) is 0. The molecule has 2 atom stereocenters. The molecular weight excluding hydrogens is 318 g/mol. The molecule has 1 amide bonds. The van der Waals surface area contributed by atoms with E-state index in [1.165, 1.54) is 12.8 Å². The molecule has 5 heterocycles. The highest BCUT2D eigenvalue weighted by Gasteiger charge is 2.40. The van der Waals surface area contributed by atoms with E-state index in [-0.39, 0.29) is 11.9 Å². The summed E-state index contributed by atoms with van der Waals surface area (Å²) in [6, 6.07) is 4.42. The number of rotatable bonds is 2. The number of thiophene rings is 1. The monoisotopic (exact) mass is 335 g/mol. The van der Waals surface area contributed by atoms with Gasteiger partial charge in [-0.3, -0.25) is 9.69 Å². The van der Waals surface area contributed by atoms with Gasteiger partial charge in [-0.1, -0.05) is 11.6 Å². The predicted octanol–water partition coefficient (Wildman–Crippen LogP) is 3.16. The maximum Gasteiger partial charge on any atom is 0.270 e. The summed E-state index contributed by atoms with van der Waals surface area (Å²) in [5, 5.41) is 6.57. The fraction of sp³-hybridized carbons (Fsp3) is 0.500. The molecule has 6 heteroatoms. The van der Waals surface area contributed by atoms with Crippen molar-refractivity contribution in [2.75, 3.05) is 13.1 Å². The first-order chi connectivity index (χ1) is 10.6. The summed E-state index contributed by atoms with van der Waals surface area (Å²) in [6.45, 7) is 4.52. The molecule has 2 aromatic heterocycles. The van der Waals surface area contributed by atoms with Gasteiger partial charge in [-0.2, -0.15) is 0 Å². The van der Waals surface area contributed by atoms with E-state index in [0.717, 1.165) is 23.2 Å². The number of hydrogen-bond acceptors (Lipinski definition) is 4. The number of carbonyl (C=O) groups excluding carboxylic acids is 1. The van der Waals surface area contributed by atoms with Crippen LogP contribution in [0.1, 0.15) is 30.3 Å². The zero-order valence-corrected chi connectivity index (χ0v) is 14.0. The molecule has 0 radical (unpaired) electrons. The standard InChI is InChI=1S/C16H18ClN3OS/c1-9-13(10-2-5-20(9)6-3-10)19-16(21)12-8-11-4-7-22-14(11)15(17)18-12/h4,7-10,13H,2-3,5-6H2,1H3,(H,19,21). The summed E-state index contributed by atoms with van der Waals surface area (Å²) in [4.78, 5) is 19.3. The first-order valence-electron chi connectivity index (χ1n) is 7.72. The Morgan fingerprint density at radius 3 is 2.95 bits per heavy atom. The van der Waals surface area contributed by atoms with Crippen LogP contribution in [0.4, 0.5) is 0 Å². The molecule has 3 saturated heterocycles. The molecule has 5 rings (SSSR count). The summed E-state index contributed by atoms with van der Waals surface area (Å²) >= 11 is 7.74. The predicted molar refractivity (Wildman–Crippen MR) is 89.6 cm³/mol. The lowest BCUT2D eigenvalue weighted by Gasteiger charge is -2.49. The van der Waals surface area contributed by atoms with Crippen molar-refractivity contribution < 1.29 is 4.79 Å². The molecule has 0 spiro atoms. The van der Waals surface area contributed by atoms with Gasteiger partial charge in [0.1, 0.15) is 10.8 Å². The molecule has 0 aromatic carbocycles. The highest BCUT2D eigenvalue weighted by atomic mass is 35.5. The number of hydrogen-bond donors (Lipinski definition) is 1. The fourth-order valence-electron chi connectivity index (χ4n) is 3.82. The van der Waals surface area contributed by atoms with E-state index in [0.29, 0.717) is 22.8 Å². The molecule has 1 N–H and O–H groups in total. The SMILES string of the molecule is CC1C(NC(=O)c2cc3ccsc3c(Cl)n2)C2CCN1CC2. The van der Waals surface area contributed by atoms with Gasteiger partial charge in [-0.15, -0.1) is 11.3 Å². The Morgan fingerprint density at radius 1 is 1.45 bits per heavy atom. The summed E-state index contributed by atoms with van der Waals surface area (Å²) in [6.07, 6.45) is 2.35. The van der Waals surface area contributed by atoms with E-state index in [4.69, 9.17) is 11.6 Å². The highest BCUT2D eigenvalue weighted by Crippen LogP contribution is 2.32. The number of carbonyl (C=O) groups is 1. The van der Waals surface area contributed by atoms with E-state index in [9.17, 15) is 4.79 Å². The molecule has 22 heavy (non-hydrogen) atoms. The van der Waals surface area contributed by atoms with E-state index < -0.39 is 0 Å². The first kappa shape index (κ1) is 14.4. The van der Waals surface area contributed by atoms with Gasteiger partial charge < -0.3 is 5.32 Å². The second-order valence-corrected chi connectivity index (χ2v) is 7.52. The van der Waals surface area contributed by atoms with Crippen LogP contribution in [-0.4, -0.2) is 41.0 Å². The number of fused-ring (bicyclic) bond motifs is 4. The lowest BCUT2D eigenvalue weighted by molar-refractivity contribution is 0.0216. The molecular formula is C16H18ClN3OS. The van der Waals surface area contributed by atoms with Crippen LogP contribution in [0.3, 0.4) is 0 Å². The number of halogens is 1. The van der Waals surface area contributed by atoms with Gasteiger partial charge in [0.25, 0.3) is 5.91 Å². The van der Waals surface area contributed by atoms with Crippen LogP contribution in [0.2, 0.25) is 5.15 Å². The van der Waals surface area contributed by atoms with Gasteiger partial charge >= 0.3 is 0 Å². The minimum atomic E-state index is -0.111. The van der Waals surface area contributed by atoms with Crippen LogP contribution in [-0.2, 0) is 0 Å². The average Bonchev–Trinajstić information content (AvgIpc) is 3.00. The number of aromatic nitrogens is 1. The third-order valence-corrected chi connectivity index (χ3v) is 6.42. The minimum absolute atomic E-state index is 0.111. The Balaban J connectivity index is 1.58. The summed E-state index contributed by atoms with van der Waals surface area (Å²) in [5.41, 5.74) is 0.416. The van der Waals surface area contributed by atoms with Gasteiger partial charge in [0.2, 0.25) is 0 Å². The van der Waals surface area contributed by atoms with Crippen molar-refractivity contribution in [1.29, 1.82) is 0 Å². The van der Waals surface area contributed by atoms with E-state index in [1.54, 1.807) is 11.3 Å². The quantitative estimate of drug-likeness (QED) is 0.857. The largest absolute Gasteiger partial charge is 0.346 e. The maximum absolute atomic E-state index is 12.6. The van der Waals surface area contributed by atoms with Crippen LogP contribution in [0, 0.1) is 5.92 Å². The number of pyridine rings is 1. The smallest absolute Gasteiger partial charge is 0.270 e. The molecule has 2 bridgehead atoms. The van der Waals surface area contributed by atoms with E-state index in [2.05, 4.69) is 22.1 Å². The summed E-state index contributed by atoms with van der Waals surface area (Å²) in [5.74, 6) is 0.477. The third-order valence-electron chi connectivity index (χ3n) is 5.10. The highest BCUT2D eigenvalue weighted by molar-refractivity contribution is 7.17. The van der Waals surface area contributed by atoms with Crippen LogP contribution in [0.25, 0.3) is 10.1 Å². The van der Waals surface area contributed by atoms with Crippen molar-refractivity contribution in [3.05, 3.63) is 28.4 Å². The molecule has 0 aliphatic carbocycles. The van der Waals surface area contributed by atoms with Crippen molar-refractivity contribution in [3.63, 3.8) is 0 Å². The lowest BCUT2D eigenvalue weighted by atomic mass is 9.79. The third kappa shape index (κ3) is 2.32. The first-order valence-corrected chi connectivity index (χ1v) is 8.98. The van der Waals surface area contributed by atoms with Crippen LogP contribution in [0.5, 0.6) is 0 Å². The molecule has 2 aromatic rings. The molecule has 2 unspecified atom stereocenters. The van der Waals surface area contributed by atoms with Crippen molar-refractivity contribution >= 4 is 38.9 Å². The maximum atomic E-state index is 12.6. The summed E-state index contributed by atoms with van der Waals surface area (Å²) < 4.78 is 0.939. The molecule has 3 aliphatic rings.